The fraction of sp³-hybridized carbons (Fsp3) is 0.308. The van der Waals surface area contributed by atoms with Crippen LogP contribution in [-0.2, 0) is 6.54 Å². The lowest BCUT2D eigenvalue weighted by atomic mass is 10.3. The molecule has 0 saturated heterocycles. The van der Waals surface area contributed by atoms with E-state index in [9.17, 15) is 0 Å². The number of benzene rings is 1. The Bertz CT molecular complexity index is 563. The van der Waals surface area contributed by atoms with Crippen molar-refractivity contribution in [3.05, 3.63) is 45.9 Å². The molecule has 3 rings (SSSR count). The fourth-order valence-corrected chi connectivity index (χ4v) is 2.71. The first-order valence-corrected chi connectivity index (χ1v) is 7.11. The maximum absolute atomic E-state index is 6.17. The van der Waals surface area contributed by atoms with Gasteiger partial charge in [-0.05, 0) is 31.0 Å². The van der Waals surface area contributed by atoms with Gasteiger partial charge in [0.1, 0.15) is 0 Å². The summed E-state index contributed by atoms with van der Waals surface area (Å²) >= 11 is 9.57. The van der Waals surface area contributed by atoms with E-state index in [0.717, 1.165) is 21.7 Å². The topological polar surface area (TPSA) is 29.9 Å². The van der Waals surface area contributed by atoms with Crippen LogP contribution < -0.4 is 5.32 Å². The molecule has 1 aromatic carbocycles. The van der Waals surface area contributed by atoms with Crippen LogP contribution in [0.25, 0.3) is 0 Å². The molecule has 5 heteroatoms. The van der Waals surface area contributed by atoms with E-state index in [0.29, 0.717) is 6.04 Å². The first-order chi connectivity index (χ1) is 8.74. The molecule has 1 N–H and O–H groups in total. The van der Waals surface area contributed by atoms with Gasteiger partial charge in [-0.2, -0.15) is 0 Å². The lowest BCUT2D eigenvalue weighted by molar-refractivity contribution is 0.701. The second-order valence-corrected chi connectivity index (χ2v) is 5.82. The molecule has 2 aromatic rings. The zero-order chi connectivity index (χ0) is 12.5. The number of nitrogens with one attached hydrogen (secondary N) is 1. The molecule has 1 saturated carbocycles. The van der Waals surface area contributed by atoms with Crippen LogP contribution in [-0.4, -0.2) is 9.55 Å². The Morgan fingerprint density at radius 2 is 2.28 bits per heavy atom. The average Bonchev–Trinajstić information content (AvgIpc) is 3.08. The summed E-state index contributed by atoms with van der Waals surface area (Å²) in [5.41, 5.74) is 2.15. The minimum atomic E-state index is 0.657. The van der Waals surface area contributed by atoms with Crippen LogP contribution >= 0.6 is 27.5 Å². The lowest BCUT2D eigenvalue weighted by Crippen LogP contribution is -2.06. The predicted octanol–water partition coefficient (Wildman–Crippen LogP) is 4.25. The van der Waals surface area contributed by atoms with E-state index in [1.54, 1.807) is 0 Å². The Labute approximate surface area is 119 Å². The van der Waals surface area contributed by atoms with Crippen molar-refractivity contribution in [3.8, 4) is 0 Å². The maximum atomic E-state index is 6.17. The molecule has 1 aromatic heterocycles. The molecule has 94 valence electrons. The maximum Gasteiger partial charge on any atom is 0.0951 e. The molecule has 0 bridgehead atoms. The van der Waals surface area contributed by atoms with Crippen molar-refractivity contribution in [1.29, 1.82) is 0 Å². The molecule has 1 heterocycles. The molecule has 0 aliphatic heterocycles. The SMILES string of the molecule is Clc1cc(Br)ccc1NCc1cncn1C1CC1. The van der Waals surface area contributed by atoms with Gasteiger partial charge in [0.2, 0.25) is 0 Å². The summed E-state index contributed by atoms with van der Waals surface area (Å²) < 4.78 is 3.24. The molecule has 1 aliphatic carbocycles. The van der Waals surface area contributed by atoms with Crippen molar-refractivity contribution in [3.63, 3.8) is 0 Å². The Balaban J connectivity index is 1.71. The van der Waals surface area contributed by atoms with Crippen molar-refractivity contribution in [2.24, 2.45) is 0 Å². The van der Waals surface area contributed by atoms with Crippen molar-refractivity contribution in [2.45, 2.75) is 25.4 Å². The number of anilines is 1. The first kappa shape index (κ1) is 12.1. The van der Waals surface area contributed by atoms with E-state index < -0.39 is 0 Å². The molecule has 0 radical (unpaired) electrons. The number of nitrogens with zero attached hydrogens (tertiary/aromatic N) is 2. The number of rotatable bonds is 4. The van der Waals surface area contributed by atoms with Crippen LogP contribution in [0.5, 0.6) is 0 Å². The van der Waals surface area contributed by atoms with Gasteiger partial charge in [-0.3, -0.25) is 0 Å². The van der Waals surface area contributed by atoms with Gasteiger partial charge in [0.25, 0.3) is 0 Å². The van der Waals surface area contributed by atoms with Gasteiger partial charge in [-0.1, -0.05) is 27.5 Å². The van der Waals surface area contributed by atoms with Gasteiger partial charge >= 0.3 is 0 Å². The Kier molecular flexibility index (Phi) is 3.31. The van der Waals surface area contributed by atoms with Gasteiger partial charge in [0.05, 0.1) is 29.3 Å². The Hall–Kier alpha value is -1.00. The summed E-state index contributed by atoms with van der Waals surface area (Å²) in [6.07, 6.45) is 6.36. The van der Waals surface area contributed by atoms with E-state index in [1.807, 2.05) is 30.7 Å². The molecule has 0 unspecified atom stereocenters. The fourth-order valence-electron chi connectivity index (χ4n) is 1.97. The Morgan fingerprint density at radius 3 is 3.00 bits per heavy atom. The summed E-state index contributed by atoms with van der Waals surface area (Å²) in [5, 5.41) is 4.08. The van der Waals surface area contributed by atoms with Gasteiger partial charge in [0.15, 0.2) is 0 Å². The molecule has 1 fully saturated rings. The van der Waals surface area contributed by atoms with Gasteiger partial charge in [-0.15, -0.1) is 0 Å². The smallest absolute Gasteiger partial charge is 0.0951 e. The summed E-state index contributed by atoms with van der Waals surface area (Å²) in [5.74, 6) is 0. The highest BCUT2D eigenvalue weighted by Crippen LogP contribution is 2.35. The van der Waals surface area contributed by atoms with Crippen LogP contribution in [0.1, 0.15) is 24.6 Å². The monoisotopic (exact) mass is 325 g/mol. The van der Waals surface area contributed by atoms with Crippen LogP contribution in [0.3, 0.4) is 0 Å². The third-order valence-electron chi connectivity index (χ3n) is 3.08. The van der Waals surface area contributed by atoms with Crippen molar-refractivity contribution in [2.75, 3.05) is 5.32 Å². The second kappa shape index (κ2) is 4.94. The predicted molar refractivity (Wildman–Crippen MR) is 77.0 cm³/mol. The summed E-state index contributed by atoms with van der Waals surface area (Å²) in [6, 6.07) is 6.50. The highest BCUT2D eigenvalue weighted by molar-refractivity contribution is 9.10. The number of imidazole rings is 1. The normalized spacial score (nSPS) is 14.8. The van der Waals surface area contributed by atoms with E-state index in [-0.39, 0.29) is 0 Å². The highest BCUT2D eigenvalue weighted by atomic mass is 79.9. The summed E-state index contributed by atoms with van der Waals surface area (Å²) in [4.78, 5) is 4.21. The largest absolute Gasteiger partial charge is 0.378 e. The molecule has 18 heavy (non-hydrogen) atoms. The van der Waals surface area contributed by atoms with Gasteiger partial charge < -0.3 is 9.88 Å². The third-order valence-corrected chi connectivity index (χ3v) is 3.88. The Morgan fingerprint density at radius 1 is 1.44 bits per heavy atom. The molecule has 1 aliphatic rings. The van der Waals surface area contributed by atoms with Crippen LogP contribution in [0.4, 0.5) is 5.69 Å². The summed E-state index contributed by atoms with van der Waals surface area (Å²) in [7, 11) is 0. The minimum Gasteiger partial charge on any atom is -0.378 e. The van der Waals surface area contributed by atoms with Crippen molar-refractivity contribution in [1.82, 2.24) is 9.55 Å². The number of aromatic nitrogens is 2. The van der Waals surface area contributed by atoms with E-state index >= 15 is 0 Å². The zero-order valence-corrected chi connectivity index (χ0v) is 12.1. The van der Waals surface area contributed by atoms with Crippen LogP contribution in [0, 0.1) is 0 Å². The molecule has 0 atom stereocenters. The standard InChI is InChI=1S/C13H13BrClN3/c14-9-1-4-13(12(15)5-9)17-7-11-6-16-8-18(11)10-2-3-10/h1,4-6,8,10,17H,2-3,7H2. The lowest BCUT2D eigenvalue weighted by Gasteiger charge is -2.10. The second-order valence-electron chi connectivity index (χ2n) is 4.50. The van der Waals surface area contributed by atoms with Crippen LogP contribution in [0.2, 0.25) is 5.02 Å². The molecule has 0 spiro atoms. The molecule has 3 nitrogen and oxygen atoms in total. The van der Waals surface area contributed by atoms with Gasteiger partial charge in [0, 0.05) is 16.7 Å². The van der Waals surface area contributed by atoms with Crippen LogP contribution in [0.15, 0.2) is 35.2 Å². The quantitative estimate of drug-likeness (QED) is 0.910. The number of halogens is 2. The number of hydrogen-bond donors (Lipinski definition) is 1. The molecule has 0 amide bonds. The first-order valence-electron chi connectivity index (χ1n) is 5.93. The minimum absolute atomic E-state index is 0.657. The average molecular weight is 327 g/mol. The van der Waals surface area contributed by atoms with E-state index in [4.69, 9.17) is 11.6 Å². The third kappa shape index (κ3) is 2.54. The summed E-state index contributed by atoms with van der Waals surface area (Å²) in [6.45, 7) is 0.748. The van der Waals surface area contributed by atoms with Gasteiger partial charge in [-0.25, -0.2) is 4.98 Å². The highest BCUT2D eigenvalue weighted by Gasteiger charge is 2.24. The molecular formula is C13H13BrClN3. The number of hydrogen-bond acceptors (Lipinski definition) is 2. The zero-order valence-electron chi connectivity index (χ0n) is 9.74. The van der Waals surface area contributed by atoms with E-state index in [1.165, 1.54) is 18.5 Å². The van der Waals surface area contributed by atoms with Crippen molar-refractivity contribution < 1.29 is 0 Å². The van der Waals surface area contributed by atoms with E-state index in [2.05, 4.69) is 30.8 Å². The van der Waals surface area contributed by atoms with Crippen molar-refractivity contribution >= 4 is 33.2 Å². The molecular weight excluding hydrogens is 314 g/mol.